The lowest BCUT2D eigenvalue weighted by Crippen LogP contribution is -2.29. The maximum Gasteiger partial charge on any atom is 0.280 e. The number of hydrogen-bond donors (Lipinski definition) is 1. The maximum absolute atomic E-state index is 13.8. The molecule has 0 saturated heterocycles. The number of carbonyl (C=O) groups excluding carboxylic acids is 1. The molecule has 6 nitrogen and oxygen atoms in total. The summed E-state index contributed by atoms with van der Waals surface area (Å²) in [6, 6.07) is 4.54. The molecule has 1 aliphatic rings. The highest BCUT2D eigenvalue weighted by Crippen LogP contribution is 2.43. The molecule has 2 aromatic heterocycles. The molecule has 1 amide bonds. The van der Waals surface area contributed by atoms with Gasteiger partial charge in [-0.3, -0.25) is 19.5 Å². The van der Waals surface area contributed by atoms with E-state index in [-0.39, 0.29) is 23.8 Å². The van der Waals surface area contributed by atoms with E-state index in [2.05, 4.69) is 29.1 Å². The summed E-state index contributed by atoms with van der Waals surface area (Å²) in [6.45, 7) is 10.2. The molecule has 3 aromatic rings. The van der Waals surface area contributed by atoms with Crippen molar-refractivity contribution in [3.8, 4) is 0 Å². The van der Waals surface area contributed by atoms with Gasteiger partial charge in [0.15, 0.2) is 5.69 Å². The minimum atomic E-state index is -0.365. The molecule has 0 fully saturated rings. The van der Waals surface area contributed by atoms with E-state index in [4.69, 9.17) is 0 Å². The molecule has 0 bridgehead atoms. The van der Waals surface area contributed by atoms with Crippen LogP contribution in [0.5, 0.6) is 0 Å². The zero-order valence-corrected chi connectivity index (χ0v) is 17.4. The average molecular weight is 395 g/mol. The van der Waals surface area contributed by atoms with Crippen molar-refractivity contribution in [1.82, 2.24) is 20.0 Å². The van der Waals surface area contributed by atoms with E-state index in [1.165, 1.54) is 12.1 Å². The third kappa shape index (κ3) is 3.24. The Labute approximate surface area is 169 Å². The van der Waals surface area contributed by atoms with Gasteiger partial charge in [-0.2, -0.15) is 10.2 Å². The highest BCUT2D eigenvalue weighted by molar-refractivity contribution is 6.10. The summed E-state index contributed by atoms with van der Waals surface area (Å²) in [7, 11) is 0. The summed E-state index contributed by atoms with van der Waals surface area (Å²) < 4.78 is 15.6. The quantitative estimate of drug-likeness (QED) is 0.687. The first-order valence-corrected chi connectivity index (χ1v) is 9.98. The highest BCUT2D eigenvalue weighted by Gasteiger charge is 2.44. The van der Waals surface area contributed by atoms with Crippen molar-refractivity contribution in [3.05, 3.63) is 64.5 Å². The summed E-state index contributed by atoms with van der Waals surface area (Å²) in [5, 5.41) is 11.8. The second-order valence-electron chi connectivity index (χ2n) is 8.41. The van der Waals surface area contributed by atoms with Gasteiger partial charge in [0.05, 0.1) is 17.9 Å². The standard InChI is InChI=1S/C22H26FN5O/c1-12(2)8-18-19-20(26-25-18)22(29)28(16-10-24-27(11-16)13(3)4)21(19)17-7-6-15(23)9-14(17)5/h6-7,9-13,21H,8H2,1-5H3,(H,25,26). The molecule has 1 N–H and O–H groups in total. The first-order chi connectivity index (χ1) is 13.8. The van der Waals surface area contributed by atoms with Crippen molar-refractivity contribution >= 4 is 11.6 Å². The van der Waals surface area contributed by atoms with Crippen LogP contribution in [-0.2, 0) is 6.42 Å². The van der Waals surface area contributed by atoms with E-state index in [0.717, 1.165) is 28.8 Å². The number of benzene rings is 1. The number of nitrogens with zero attached hydrogens (tertiary/aromatic N) is 4. The molecular weight excluding hydrogens is 369 g/mol. The Kier molecular flexibility index (Phi) is 4.76. The molecule has 1 atom stereocenters. The van der Waals surface area contributed by atoms with Crippen LogP contribution >= 0.6 is 0 Å². The minimum absolute atomic E-state index is 0.164. The van der Waals surface area contributed by atoms with Crippen LogP contribution in [0.4, 0.5) is 10.1 Å². The fraction of sp³-hybridized carbons (Fsp3) is 0.409. The molecule has 152 valence electrons. The maximum atomic E-state index is 13.8. The van der Waals surface area contributed by atoms with Crippen molar-refractivity contribution in [3.63, 3.8) is 0 Å². The fourth-order valence-corrected chi connectivity index (χ4v) is 4.01. The summed E-state index contributed by atoms with van der Waals surface area (Å²) in [5.41, 5.74) is 4.68. The van der Waals surface area contributed by atoms with Crippen LogP contribution in [0.1, 0.15) is 72.7 Å². The first-order valence-electron chi connectivity index (χ1n) is 9.98. The summed E-state index contributed by atoms with van der Waals surface area (Å²) >= 11 is 0. The fourth-order valence-electron chi connectivity index (χ4n) is 4.01. The van der Waals surface area contributed by atoms with Crippen LogP contribution in [0, 0.1) is 18.7 Å². The van der Waals surface area contributed by atoms with Crippen molar-refractivity contribution in [1.29, 1.82) is 0 Å². The van der Waals surface area contributed by atoms with Crippen molar-refractivity contribution < 1.29 is 9.18 Å². The van der Waals surface area contributed by atoms with Gasteiger partial charge in [-0.25, -0.2) is 4.39 Å². The number of H-pyrrole nitrogens is 1. The Morgan fingerprint density at radius 3 is 2.62 bits per heavy atom. The van der Waals surface area contributed by atoms with E-state index in [0.29, 0.717) is 17.3 Å². The molecule has 1 aromatic carbocycles. The van der Waals surface area contributed by atoms with E-state index >= 15 is 0 Å². The molecule has 1 aliphatic heterocycles. The average Bonchev–Trinajstić information content (AvgIpc) is 3.32. The lowest BCUT2D eigenvalue weighted by molar-refractivity contribution is 0.0988. The van der Waals surface area contributed by atoms with Crippen molar-refractivity contribution in [2.24, 2.45) is 5.92 Å². The number of nitrogens with one attached hydrogen (secondary N) is 1. The number of fused-ring (bicyclic) bond motifs is 1. The number of carbonyl (C=O) groups is 1. The SMILES string of the molecule is Cc1cc(F)ccc1C1c2c(n[nH]c2CC(C)C)C(=O)N1c1cnn(C(C)C)c1. The molecule has 29 heavy (non-hydrogen) atoms. The van der Waals surface area contributed by atoms with E-state index in [9.17, 15) is 9.18 Å². The smallest absolute Gasteiger partial charge is 0.280 e. The summed E-state index contributed by atoms with van der Waals surface area (Å²) in [4.78, 5) is 15.1. The lowest BCUT2D eigenvalue weighted by atomic mass is 9.92. The Morgan fingerprint density at radius 1 is 1.24 bits per heavy atom. The number of aromatic nitrogens is 4. The molecule has 0 radical (unpaired) electrons. The first kappa shape index (κ1) is 19.4. The van der Waals surface area contributed by atoms with Crippen LogP contribution in [0.15, 0.2) is 30.6 Å². The number of hydrogen-bond acceptors (Lipinski definition) is 3. The molecule has 1 unspecified atom stereocenters. The van der Waals surface area contributed by atoms with Gasteiger partial charge in [0.2, 0.25) is 0 Å². The Hall–Kier alpha value is -2.96. The zero-order chi connectivity index (χ0) is 20.9. The predicted octanol–water partition coefficient (Wildman–Crippen LogP) is 4.58. The van der Waals surface area contributed by atoms with Crippen molar-refractivity contribution in [2.45, 2.75) is 53.1 Å². The number of rotatable bonds is 5. The van der Waals surface area contributed by atoms with E-state index < -0.39 is 0 Å². The second-order valence-corrected chi connectivity index (χ2v) is 8.41. The highest BCUT2D eigenvalue weighted by atomic mass is 19.1. The van der Waals surface area contributed by atoms with Gasteiger partial charge in [-0.05, 0) is 56.4 Å². The van der Waals surface area contributed by atoms with Crippen molar-refractivity contribution in [2.75, 3.05) is 4.90 Å². The Balaban J connectivity index is 1.89. The number of aryl methyl sites for hydroxylation is 1. The van der Waals surface area contributed by atoms with Gasteiger partial charge >= 0.3 is 0 Å². The van der Waals surface area contributed by atoms with E-state index in [1.54, 1.807) is 17.2 Å². The molecule has 3 heterocycles. The molecule has 7 heteroatoms. The summed E-state index contributed by atoms with van der Waals surface area (Å²) in [6.07, 6.45) is 4.37. The second kappa shape index (κ2) is 7.13. The van der Waals surface area contributed by atoms with Gasteiger partial charge in [-0.1, -0.05) is 19.9 Å². The van der Waals surface area contributed by atoms with Crippen LogP contribution in [0.3, 0.4) is 0 Å². The topological polar surface area (TPSA) is 66.8 Å². The van der Waals surface area contributed by atoms with E-state index in [1.807, 2.05) is 31.6 Å². The van der Waals surface area contributed by atoms with Crippen LogP contribution < -0.4 is 4.90 Å². The normalized spacial score (nSPS) is 16.3. The van der Waals surface area contributed by atoms with Crippen LogP contribution in [-0.4, -0.2) is 25.9 Å². The Morgan fingerprint density at radius 2 is 2.00 bits per heavy atom. The zero-order valence-electron chi connectivity index (χ0n) is 17.4. The summed E-state index contributed by atoms with van der Waals surface area (Å²) in [5.74, 6) is -0.0461. The lowest BCUT2D eigenvalue weighted by Gasteiger charge is -2.26. The molecule has 0 saturated carbocycles. The van der Waals surface area contributed by atoms with Gasteiger partial charge in [0.25, 0.3) is 5.91 Å². The van der Waals surface area contributed by atoms with Gasteiger partial charge in [-0.15, -0.1) is 0 Å². The number of halogens is 1. The van der Waals surface area contributed by atoms with Gasteiger partial charge < -0.3 is 0 Å². The number of amides is 1. The molecule has 4 rings (SSSR count). The predicted molar refractivity (Wildman–Crippen MR) is 110 cm³/mol. The molecule has 0 spiro atoms. The van der Waals surface area contributed by atoms with Gasteiger partial charge in [0, 0.05) is 23.5 Å². The Bertz CT molecular complexity index is 1070. The largest absolute Gasteiger partial charge is 0.292 e. The van der Waals surface area contributed by atoms with Crippen LogP contribution in [0.25, 0.3) is 0 Å². The molecule has 0 aliphatic carbocycles. The monoisotopic (exact) mass is 395 g/mol. The third-order valence-electron chi connectivity index (χ3n) is 5.37. The minimum Gasteiger partial charge on any atom is -0.292 e. The van der Waals surface area contributed by atoms with Gasteiger partial charge in [0.1, 0.15) is 5.82 Å². The molecular formula is C22H26FN5O. The number of aromatic amines is 1. The third-order valence-corrected chi connectivity index (χ3v) is 5.37. The van der Waals surface area contributed by atoms with Crippen LogP contribution in [0.2, 0.25) is 0 Å². The number of anilines is 1.